The van der Waals surface area contributed by atoms with Gasteiger partial charge in [0.05, 0.1) is 0 Å². The van der Waals surface area contributed by atoms with Crippen molar-refractivity contribution in [1.29, 1.82) is 0 Å². The molecule has 3 rings (SSSR count). The third-order valence-electron chi connectivity index (χ3n) is 5.10. The molecule has 134 valence electrons. The summed E-state index contributed by atoms with van der Waals surface area (Å²) in [5.41, 5.74) is 8.23. The molecule has 2 heteroatoms. The summed E-state index contributed by atoms with van der Waals surface area (Å²) in [6, 6.07) is 16.8. The fourth-order valence-electron chi connectivity index (χ4n) is 3.65. The molecule has 3 aromatic rings. The Balaban J connectivity index is 2.25. The van der Waals surface area contributed by atoms with Crippen molar-refractivity contribution in [1.82, 2.24) is 0 Å². The summed E-state index contributed by atoms with van der Waals surface area (Å²) in [5.74, 6) is 0.760. The predicted molar refractivity (Wildman–Crippen MR) is 107 cm³/mol. The average molecular weight is 346 g/mol. The SMILES string of the molecule is Cc1ccc(C(c2cc(C)c(O)c(C)c2)c2cc(C)c(O)c(C)c2)cc1. The molecule has 26 heavy (non-hydrogen) atoms. The van der Waals surface area contributed by atoms with E-state index in [4.69, 9.17) is 0 Å². The highest BCUT2D eigenvalue weighted by Gasteiger charge is 2.20. The second kappa shape index (κ2) is 6.87. The Morgan fingerprint density at radius 1 is 0.538 bits per heavy atom. The monoisotopic (exact) mass is 346 g/mol. The van der Waals surface area contributed by atoms with Gasteiger partial charge >= 0.3 is 0 Å². The molecule has 0 saturated carbocycles. The number of aromatic hydroxyl groups is 2. The molecule has 0 fully saturated rings. The van der Waals surface area contributed by atoms with E-state index in [1.54, 1.807) is 0 Å². The standard InChI is InChI=1S/C24H26O2/c1-14-6-8-19(9-7-14)22(20-10-15(2)23(25)16(3)11-20)21-12-17(4)24(26)18(5)13-21/h6-13,22,25-26H,1-5H3. The summed E-state index contributed by atoms with van der Waals surface area (Å²) < 4.78 is 0. The molecule has 0 aliphatic carbocycles. The second-order valence-corrected chi connectivity index (χ2v) is 7.35. The molecular formula is C24H26O2. The lowest BCUT2D eigenvalue weighted by molar-refractivity contribution is 0.466. The van der Waals surface area contributed by atoms with Crippen LogP contribution in [0.15, 0.2) is 48.5 Å². The van der Waals surface area contributed by atoms with Crippen molar-refractivity contribution in [2.24, 2.45) is 0 Å². The van der Waals surface area contributed by atoms with Gasteiger partial charge in [-0.2, -0.15) is 0 Å². The highest BCUT2D eigenvalue weighted by Crippen LogP contribution is 2.38. The van der Waals surface area contributed by atoms with E-state index in [9.17, 15) is 10.2 Å². The van der Waals surface area contributed by atoms with Crippen LogP contribution in [0.25, 0.3) is 0 Å². The maximum absolute atomic E-state index is 10.2. The van der Waals surface area contributed by atoms with Crippen LogP contribution in [-0.4, -0.2) is 10.2 Å². The summed E-state index contributed by atoms with van der Waals surface area (Å²) in [6.45, 7) is 9.83. The molecule has 0 aliphatic rings. The van der Waals surface area contributed by atoms with Crippen molar-refractivity contribution in [2.45, 2.75) is 40.5 Å². The van der Waals surface area contributed by atoms with E-state index in [-0.39, 0.29) is 5.92 Å². The zero-order valence-corrected chi connectivity index (χ0v) is 16.1. The fourth-order valence-corrected chi connectivity index (χ4v) is 3.65. The smallest absolute Gasteiger partial charge is 0.121 e. The minimum atomic E-state index is 0.0478. The fraction of sp³-hybridized carbons (Fsp3) is 0.250. The van der Waals surface area contributed by atoms with E-state index in [1.807, 2.05) is 27.7 Å². The molecule has 2 N–H and O–H groups in total. The summed E-state index contributed by atoms with van der Waals surface area (Å²) in [5, 5.41) is 20.4. The van der Waals surface area contributed by atoms with Crippen molar-refractivity contribution in [3.8, 4) is 11.5 Å². The van der Waals surface area contributed by atoms with Gasteiger partial charge in [-0.1, -0.05) is 54.1 Å². The molecule has 0 saturated heterocycles. The number of hydrogen-bond acceptors (Lipinski definition) is 2. The molecule has 0 aromatic heterocycles. The zero-order valence-electron chi connectivity index (χ0n) is 16.1. The number of rotatable bonds is 3. The van der Waals surface area contributed by atoms with Gasteiger partial charge in [0.2, 0.25) is 0 Å². The van der Waals surface area contributed by atoms with Crippen LogP contribution in [0.5, 0.6) is 11.5 Å². The lowest BCUT2D eigenvalue weighted by Crippen LogP contribution is -2.05. The van der Waals surface area contributed by atoms with E-state index in [1.165, 1.54) is 11.1 Å². The Morgan fingerprint density at radius 3 is 1.23 bits per heavy atom. The van der Waals surface area contributed by atoms with Crippen LogP contribution in [0.4, 0.5) is 0 Å². The molecule has 3 aromatic carbocycles. The van der Waals surface area contributed by atoms with Crippen molar-refractivity contribution >= 4 is 0 Å². The minimum Gasteiger partial charge on any atom is -0.507 e. The van der Waals surface area contributed by atoms with Crippen molar-refractivity contribution in [3.63, 3.8) is 0 Å². The maximum Gasteiger partial charge on any atom is 0.121 e. The van der Waals surface area contributed by atoms with Crippen LogP contribution in [0.2, 0.25) is 0 Å². The lowest BCUT2D eigenvalue weighted by Gasteiger charge is -2.22. The van der Waals surface area contributed by atoms with Crippen LogP contribution < -0.4 is 0 Å². The maximum atomic E-state index is 10.2. The first-order chi connectivity index (χ1) is 12.3. The molecule has 0 bridgehead atoms. The molecule has 0 heterocycles. The number of phenols is 2. The minimum absolute atomic E-state index is 0.0478. The molecule has 0 radical (unpaired) electrons. The van der Waals surface area contributed by atoms with Crippen molar-refractivity contribution in [3.05, 3.63) is 93.0 Å². The summed E-state index contributed by atoms with van der Waals surface area (Å²) >= 11 is 0. The highest BCUT2D eigenvalue weighted by molar-refractivity contribution is 5.53. The van der Waals surface area contributed by atoms with Crippen LogP contribution >= 0.6 is 0 Å². The Labute approximate surface area is 155 Å². The zero-order chi connectivity index (χ0) is 19.0. The molecule has 0 unspecified atom stereocenters. The van der Waals surface area contributed by atoms with Crippen LogP contribution in [0.3, 0.4) is 0 Å². The Bertz CT molecular complexity index is 849. The summed E-state index contributed by atoms with van der Waals surface area (Å²) in [4.78, 5) is 0. The van der Waals surface area contributed by atoms with Crippen molar-refractivity contribution < 1.29 is 10.2 Å². The molecule has 2 nitrogen and oxygen atoms in total. The van der Waals surface area contributed by atoms with Crippen LogP contribution in [0, 0.1) is 34.6 Å². The molecule has 0 aliphatic heterocycles. The first-order valence-corrected chi connectivity index (χ1v) is 8.94. The van der Waals surface area contributed by atoms with Gasteiger partial charge in [0.1, 0.15) is 11.5 Å². The van der Waals surface area contributed by atoms with Gasteiger partial charge in [-0.15, -0.1) is 0 Å². The van der Waals surface area contributed by atoms with E-state index in [0.717, 1.165) is 33.4 Å². The van der Waals surface area contributed by atoms with Crippen molar-refractivity contribution in [2.75, 3.05) is 0 Å². The molecule has 0 spiro atoms. The molecule has 0 amide bonds. The van der Waals surface area contributed by atoms with E-state index < -0.39 is 0 Å². The van der Waals surface area contributed by atoms with E-state index >= 15 is 0 Å². The number of hydrogen-bond donors (Lipinski definition) is 2. The first-order valence-electron chi connectivity index (χ1n) is 8.94. The third kappa shape index (κ3) is 3.32. The Morgan fingerprint density at radius 2 is 0.885 bits per heavy atom. The van der Waals surface area contributed by atoms with Crippen LogP contribution in [-0.2, 0) is 0 Å². The largest absolute Gasteiger partial charge is 0.507 e. The quantitative estimate of drug-likeness (QED) is 0.587. The number of benzene rings is 3. The highest BCUT2D eigenvalue weighted by atomic mass is 16.3. The topological polar surface area (TPSA) is 40.5 Å². The van der Waals surface area contributed by atoms with E-state index in [0.29, 0.717) is 11.5 Å². The van der Waals surface area contributed by atoms with Crippen LogP contribution in [0.1, 0.15) is 50.4 Å². The average Bonchev–Trinajstić information content (AvgIpc) is 2.59. The first kappa shape index (κ1) is 18.1. The number of aryl methyl sites for hydroxylation is 5. The Hall–Kier alpha value is -2.74. The normalized spacial score (nSPS) is 11.2. The van der Waals surface area contributed by atoms with Gasteiger partial charge in [-0.25, -0.2) is 0 Å². The van der Waals surface area contributed by atoms with Gasteiger partial charge in [-0.05, 0) is 73.6 Å². The molecular weight excluding hydrogens is 320 g/mol. The third-order valence-corrected chi connectivity index (χ3v) is 5.10. The lowest BCUT2D eigenvalue weighted by atomic mass is 9.82. The van der Waals surface area contributed by atoms with Gasteiger partial charge in [0.25, 0.3) is 0 Å². The van der Waals surface area contributed by atoms with Gasteiger partial charge in [0, 0.05) is 5.92 Å². The molecule has 0 atom stereocenters. The predicted octanol–water partition coefficient (Wildman–Crippen LogP) is 5.82. The van der Waals surface area contributed by atoms with Gasteiger partial charge < -0.3 is 10.2 Å². The second-order valence-electron chi connectivity index (χ2n) is 7.35. The Kier molecular flexibility index (Phi) is 4.78. The van der Waals surface area contributed by atoms with Gasteiger partial charge in [-0.3, -0.25) is 0 Å². The van der Waals surface area contributed by atoms with E-state index in [2.05, 4.69) is 55.5 Å². The van der Waals surface area contributed by atoms with Gasteiger partial charge in [0.15, 0.2) is 0 Å². The summed E-state index contributed by atoms with van der Waals surface area (Å²) in [6.07, 6.45) is 0. The number of phenolic OH excluding ortho intramolecular Hbond substituents is 2. The summed E-state index contributed by atoms with van der Waals surface area (Å²) in [7, 11) is 0.